The summed E-state index contributed by atoms with van der Waals surface area (Å²) in [6.07, 6.45) is 0. The molecular formula is C10H12BrN3O2. The van der Waals surface area contributed by atoms with Gasteiger partial charge in [-0.25, -0.2) is 4.98 Å². The van der Waals surface area contributed by atoms with Crippen LogP contribution < -0.4 is 10.6 Å². The van der Waals surface area contributed by atoms with Gasteiger partial charge in [-0.3, -0.25) is 4.79 Å². The molecule has 1 amide bonds. The molecule has 0 radical (unpaired) electrons. The van der Waals surface area contributed by atoms with E-state index in [1.165, 1.54) is 0 Å². The van der Waals surface area contributed by atoms with Crippen LogP contribution in [0.5, 0.6) is 0 Å². The van der Waals surface area contributed by atoms with Gasteiger partial charge in [0.25, 0.3) is 5.91 Å². The Balaban J connectivity index is 2.15. The molecule has 1 aromatic rings. The number of halogens is 1. The number of β-amino-alcohol motifs (C(OH)–C–C–N with tert-alkyl or cyclic N) is 1. The Labute approximate surface area is 101 Å². The van der Waals surface area contributed by atoms with Gasteiger partial charge in [0.05, 0.1) is 13.1 Å². The molecule has 6 heteroatoms. The predicted octanol–water partition coefficient (Wildman–Crippen LogP) is 0.189. The molecule has 5 nitrogen and oxygen atoms in total. The Kier molecular flexibility index (Phi) is 2.63. The zero-order chi connectivity index (χ0) is 11.9. The van der Waals surface area contributed by atoms with Gasteiger partial charge in [0.2, 0.25) is 0 Å². The van der Waals surface area contributed by atoms with Crippen LogP contribution in [0.3, 0.4) is 0 Å². The van der Waals surface area contributed by atoms with Crippen molar-refractivity contribution >= 4 is 27.7 Å². The van der Waals surface area contributed by atoms with Crippen molar-refractivity contribution in [3.8, 4) is 0 Å². The van der Waals surface area contributed by atoms with Gasteiger partial charge in [-0.2, -0.15) is 0 Å². The monoisotopic (exact) mass is 285 g/mol. The number of pyridine rings is 1. The average Bonchev–Trinajstić information content (AvgIpc) is 2.10. The summed E-state index contributed by atoms with van der Waals surface area (Å²) in [5.41, 5.74) is 4.56. The number of aromatic nitrogens is 1. The number of nitrogens with zero attached hydrogens (tertiary/aromatic N) is 2. The van der Waals surface area contributed by atoms with Crippen molar-refractivity contribution in [2.24, 2.45) is 5.73 Å². The first-order chi connectivity index (χ1) is 7.40. The van der Waals surface area contributed by atoms with Crippen LogP contribution in [0.1, 0.15) is 5.69 Å². The normalized spacial score (nSPS) is 18.1. The molecular weight excluding hydrogens is 274 g/mol. The van der Waals surface area contributed by atoms with Crippen LogP contribution in [0, 0.1) is 6.92 Å². The third kappa shape index (κ3) is 1.90. The van der Waals surface area contributed by atoms with E-state index in [2.05, 4.69) is 20.9 Å². The largest absolute Gasteiger partial charge is 0.377 e. The Hall–Kier alpha value is -1.14. The number of rotatable bonds is 2. The third-order valence-electron chi connectivity index (χ3n) is 2.59. The van der Waals surface area contributed by atoms with E-state index in [0.717, 1.165) is 16.0 Å². The van der Waals surface area contributed by atoms with Crippen molar-refractivity contribution in [3.05, 3.63) is 22.3 Å². The van der Waals surface area contributed by atoms with E-state index < -0.39 is 11.5 Å². The summed E-state index contributed by atoms with van der Waals surface area (Å²) < 4.78 is 0.921. The van der Waals surface area contributed by atoms with Gasteiger partial charge in [0, 0.05) is 10.2 Å². The van der Waals surface area contributed by atoms with Gasteiger partial charge in [-0.1, -0.05) is 15.9 Å². The number of primary amides is 1. The van der Waals surface area contributed by atoms with Crippen LogP contribution >= 0.6 is 15.9 Å². The van der Waals surface area contributed by atoms with Gasteiger partial charge >= 0.3 is 0 Å². The maximum Gasteiger partial charge on any atom is 0.253 e. The summed E-state index contributed by atoms with van der Waals surface area (Å²) in [5, 5.41) is 9.70. The molecule has 0 unspecified atom stereocenters. The first-order valence-corrected chi connectivity index (χ1v) is 5.61. The summed E-state index contributed by atoms with van der Waals surface area (Å²) in [5.74, 6) is 0.0493. The molecule has 0 spiro atoms. The Bertz CT molecular complexity index is 423. The highest BCUT2D eigenvalue weighted by Crippen LogP contribution is 2.28. The van der Waals surface area contributed by atoms with E-state index in [9.17, 15) is 9.90 Å². The first kappa shape index (κ1) is 11.3. The van der Waals surface area contributed by atoms with Gasteiger partial charge in [-0.05, 0) is 19.1 Å². The average molecular weight is 286 g/mol. The van der Waals surface area contributed by atoms with Crippen molar-refractivity contribution in [3.63, 3.8) is 0 Å². The zero-order valence-corrected chi connectivity index (χ0v) is 10.4. The summed E-state index contributed by atoms with van der Waals surface area (Å²) in [4.78, 5) is 17.1. The Morgan fingerprint density at radius 2 is 2.25 bits per heavy atom. The molecule has 0 atom stereocenters. The van der Waals surface area contributed by atoms with Crippen molar-refractivity contribution in [2.75, 3.05) is 18.0 Å². The molecule has 0 aromatic carbocycles. The van der Waals surface area contributed by atoms with E-state index in [1.54, 1.807) is 0 Å². The molecule has 0 bridgehead atoms. The van der Waals surface area contributed by atoms with Gasteiger partial charge in [0.15, 0.2) is 5.60 Å². The molecule has 2 heterocycles. The highest BCUT2D eigenvalue weighted by Gasteiger charge is 2.47. The number of hydrogen-bond acceptors (Lipinski definition) is 4. The number of carbonyl (C=O) groups is 1. The minimum Gasteiger partial charge on any atom is -0.377 e. The van der Waals surface area contributed by atoms with E-state index in [1.807, 2.05) is 24.0 Å². The lowest BCUT2D eigenvalue weighted by atomic mass is 9.93. The Morgan fingerprint density at radius 3 is 2.75 bits per heavy atom. The van der Waals surface area contributed by atoms with Crippen LogP contribution in [0.25, 0.3) is 0 Å². The van der Waals surface area contributed by atoms with Crippen molar-refractivity contribution in [2.45, 2.75) is 12.5 Å². The molecule has 2 rings (SSSR count). The fourth-order valence-corrected chi connectivity index (χ4v) is 2.21. The second kappa shape index (κ2) is 3.71. The van der Waals surface area contributed by atoms with E-state index >= 15 is 0 Å². The molecule has 1 aliphatic rings. The van der Waals surface area contributed by atoms with E-state index in [4.69, 9.17) is 5.73 Å². The minimum absolute atomic E-state index is 0.200. The number of anilines is 1. The second-order valence-corrected chi connectivity index (χ2v) is 4.95. The topological polar surface area (TPSA) is 79.5 Å². The van der Waals surface area contributed by atoms with E-state index in [0.29, 0.717) is 0 Å². The van der Waals surface area contributed by atoms with Crippen molar-refractivity contribution in [1.29, 1.82) is 0 Å². The number of amides is 1. The van der Waals surface area contributed by atoms with E-state index in [-0.39, 0.29) is 13.1 Å². The molecule has 0 aliphatic carbocycles. The summed E-state index contributed by atoms with van der Waals surface area (Å²) in [6.45, 7) is 2.28. The number of nitrogens with two attached hydrogens (primary N) is 1. The highest BCUT2D eigenvalue weighted by atomic mass is 79.9. The van der Waals surface area contributed by atoms with Crippen LogP contribution in [0.2, 0.25) is 0 Å². The summed E-state index contributed by atoms with van der Waals surface area (Å²) >= 11 is 3.37. The molecule has 1 fully saturated rings. The fourth-order valence-electron chi connectivity index (χ4n) is 1.67. The number of aliphatic hydroxyl groups is 1. The number of carbonyl (C=O) groups excluding carboxylic acids is 1. The second-order valence-electron chi connectivity index (χ2n) is 4.04. The summed E-state index contributed by atoms with van der Waals surface area (Å²) in [7, 11) is 0. The third-order valence-corrected chi connectivity index (χ3v) is 3.05. The minimum atomic E-state index is -1.40. The zero-order valence-electron chi connectivity index (χ0n) is 8.77. The number of aryl methyl sites for hydroxylation is 1. The quantitative estimate of drug-likeness (QED) is 0.813. The lowest BCUT2D eigenvalue weighted by Gasteiger charge is -2.44. The molecule has 0 saturated carbocycles. The smallest absolute Gasteiger partial charge is 0.253 e. The van der Waals surface area contributed by atoms with Crippen LogP contribution in [-0.2, 0) is 4.79 Å². The molecule has 86 valence electrons. The Morgan fingerprint density at radius 1 is 1.62 bits per heavy atom. The fraction of sp³-hybridized carbons (Fsp3) is 0.400. The van der Waals surface area contributed by atoms with Gasteiger partial charge < -0.3 is 15.7 Å². The molecule has 1 aliphatic heterocycles. The summed E-state index contributed by atoms with van der Waals surface area (Å²) in [6, 6.07) is 3.73. The van der Waals surface area contributed by atoms with Crippen molar-refractivity contribution < 1.29 is 9.90 Å². The molecule has 1 saturated heterocycles. The molecule has 3 N–H and O–H groups in total. The van der Waals surface area contributed by atoms with Gasteiger partial charge in [-0.15, -0.1) is 0 Å². The maximum absolute atomic E-state index is 10.9. The first-order valence-electron chi connectivity index (χ1n) is 4.82. The molecule has 1 aromatic heterocycles. The van der Waals surface area contributed by atoms with Crippen molar-refractivity contribution in [1.82, 2.24) is 4.98 Å². The number of hydrogen-bond donors (Lipinski definition) is 2. The van der Waals surface area contributed by atoms with Crippen LogP contribution in [-0.4, -0.2) is 34.7 Å². The predicted molar refractivity (Wildman–Crippen MR) is 63.0 cm³/mol. The van der Waals surface area contributed by atoms with Crippen LogP contribution in [0.15, 0.2) is 16.6 Å². The standard InChI is InChI=1S/C10H12BrN3O2/c1-6-2-7(11)3-8(13-6)14-4-10(16,5-14)9(12)15/h2-3,16H,4-5H2,1H3,(H2,12,15). The molecule has 16 heavy (non-hydrogen) atoms. The SMILES string of the molecule is Cc1cc(Br)cc(N2CC(O)(C(N)=O)C2)n1. The maximum atomic E-state index is 10.9. The lowest BCUT2D eigenvalue weighted by molar-refractivity contribution is -0.138. The van der Waals surface area contributed by atoms with Crippen LogP contribution in [0.4, 0.5) is 5.82 Å². The van der Waals surface area contributed by atoms with Gasteiger partial charge in [0.1, 0.15) is 5.82 Å². The highest BCUT2D eigenvalue weighted by molar-refractivity contribution is 9.10. The lowest BCUT2D eigenvalue weighted by Crippen LogP contribution is -2.68.